The van der Waals surface area contributed by atoms with Gasteiger partial charge in [0.05, 0.1) is 0 Å². The SMILES string of the molecule is Cc1cc(C(C)N[C@@H]2CCN(c3nc(C(=O)N(C)C)nc(C)c3C)C2)c(C)o1. The molecule has 2 aromatic rings. The number of amides is 1. The Balaban J connectivity index is 1.74. The zero-order valence-electron chi connectivity index (χ0n) is 18.0. The summed E-state index contributed by atoms with van der Waals surface area (Å²) in [4.78, 5) is 25.1. The number of aromatic nitrogens is 2. The molecule has 3 rings (SSSR count). The summed E-state index contributed by atoms with van der Waals surface area (Å²) in [6.07, 6.45) is 1.03. The Morgan fingerprint density at radius 3 is 2.61 bits per heavy atom. The highest BCUT2D eigenvalue weighted by molar-refractivity contribution is 5.90. The number of hydrogen-bond donors (Lipinski definition) is 1. The van der Waals surface area contributed by atoms with Crippen molar-refractivity contribution in [2.75, 3.05) is 32.1 Å². The number of rotatable bonds is 5. The molecule has 7 nitrogen and oxygen atoms in total. The zero-order valence-corrected chi connectivity index (χ0v) is 18.0. The molecule has 0 saturated carbocycles. The molecule has 1 N–H and O–H groups in total. The maximum absolute atomic E-state index is 12.3. The zero-order chi connectivity index (χ0) is 20.6. The van der Waals surface area contributed by atoms with E-state index >= 15 is 0 Å². The Labute approximate surface area is 167 Å². The van der Waals surface area contributed by atoms with Gasteiger partial charge in [-0.15, -0.1) is 0 Å². The molecule has 0 spiro atoms. The second-order valence-electron chi connectivity index (χ2n) is 7.97. The van der Waals surface area contributed by atoms with Crippen LogP contribution in [0.4, 0.5) is 5.82 Å². The lowest BCUT2D eigenvalue weighted by atomic mass is 10.1. The van der Waals surface area contributed by atoms with Crippen molar-refractivity contribution in [3.8, 4) is 0 Å². The van der Waals surface area contributed by atoms with Gasteiger partial charge in [0.15, 0.2) is 0 Å². The summed E-state index contributed by atoms with van der Waals surface area (Å²) in [6.45, 7) is 11.9. The van der Waals surface area contributed by atoms with Crippen molar-refractivity contribution in [2.24, 2.45) is 0 Å². The smallest absolute Gasteiger partial charge is 0.291 e. The minimum absolute atomic E-state index is 0.169. The number of carbonyl (C=O) groups excluding carboxylic acids is 1. The number of hydrogen-bond acceptors (Lipinski definition) is 6. The number of aryl methyl sites for hydroxylation is 3. The normalized spacial score (nSPS) is 17.8. The molecular weight excluding hydrogens is 354 g/mol. The summed E-state index contributed by atoms with van der Waals surface area (Å²) in [6, 6.07) is 2.69. The van der Waals surface area contributed by atoms with Gasteiger partial charge in [-0.2, -0.15) is 0 Å². The molecule has 0 radical (unpaired) electrons. The summed E-state index contributed by atoms with van der Waals surface area (Å²) in [7, 11) is 3.44. The third-order valence-electron chi connectivity index (χ3n) is 5.48. The van der Waals surface area contributed by atoms with Crippen molar-refractivity contribution in [1.82, 2.24) is 20.2 Å². The van der Waals surface area contributed by atoms with E-state index in [1.807, 2.05) is 27.7 Å². The van der Waals surface area contributed by atoms with Crippen LogP contribution in [0.2, 0.25) is 0 Å². The van der Waals surface area contributed by atoms with Crippen LogP contribution < -0.4 is 10.2 Å². The van der Waals surface area contributed by atoms with Gasteiger partial charge in [0.1, 0.15) is 17.3 Å². The molecular formula is C21H31N5O2. The first-order valence-electron chi connectivity index (χ1n) is 9.82. The summed E-state index contributed by atoms with van der Waals surface area (Å²) in [5.74, 6) is 2.88. The van der Waals surface area contributed by atoms with Crippen molar-refractivity contribution in [3.63, 3.8) is 0 Å². The Bertz CT molecular complexity index is 874. The molecule has 28 heavy (non-hydrogen) atoms. The van der Waals surface area contributed by atoms with Crippen LogP contribution in [0, 0.1) is 27.7 Å². The highest BCUT2D eigenvalue weighted by Crippen LogP contribution is 2.27. The third kappa shape index (κ3) is 4.04. The molecule has 1 unspecified atom stereocenters. The number of furan rings is 1. The van der Waals surface area contributed by atoms with E-state index in [0.717, 1.165) is 48.1 Å². The van der Waals surface area contributed by atoms with Gasteiger partial charge in [0.25, 0.3) is 5.91 Å². The maximum Gasteiger partial charge on any atom is 0.291 e. The number of anilines is 1. The summed E-state index contributed by atoms with van der Waals surface area (Å²) >= 11 is 0. The van der Waals surface area contributed by atoms with Crippen LogP contribution in [0.15, 0.2) is 10.5 Å². The van der Waals surface area contributed by atoms with Crippen LogP contribution in [-0.4, -0.2) is 54.0 Å². The summed E-state index contributed by atoms with van der Waals surface area (Å²) in [5.41, 5.74) is 3.10. The predicted molar refractivity (Wildman–Crippen MR) is 110 cm³/mol. The molecule has 0 bridgehead atoms. The lowest BCUT2D eigenvalue weighted by Gasteiger charge is -2.23. The fourth-order valence-corrected chi connectivity index (χ4v) is 3.83. The number of carbonyl (C=O) groups is 1. The Hall–Kier alpha value is -2.41. The standard InChI is InChI=1S/C21H31N5O2/c1-12-10-18(16(5)28-12)15(4)22-17-8-9-26(11-17)20-13(2)14(3)23-19(24-20)21(27)25(6)7/h10,15,17,22H,8-9,11H2,1-7H3/t15?,17-/m1/s1. The van der Waals surface area contributed by atoms with Gasteiger partial charge in [-0.05, 0) is 47.1 Å². The first-order chi connectivity index (χ1) is 13.2. The van der Waals surface area contributed by atoms with E-state index in [2.05, 4.69) is 33.2 Å². The largest absolute Gasteiger partial charge is 0.466 e. The summed E-state index contributed by atoms with van der Waals surface area (Å²) in [5, 5.41) is 3.72. The van der Waals surface area contributed by atoms with Crippen molar-refractivity contribution in [1.29, 1.82) is 0 Å². The van der Waals surface area contributed by atoms with Crippen molar-refractivity contribution in [3.05, 3.63) is 40.2 Å². The molecule has 1 saturated heterocycles. The Kier molecular flexibility index (Phi) is 5.74. The average molecular weight is 386 g/mol. The molecule has 1 fully saturated rings. The Morgan fingerprint density at radius 2 is 2.00 bits per heavy atom. The van der Waals surface area contributed by atoms with Gasteiger partial charge in [-0.3, -0.25) is 4.79 Å². The molecule has 0 aromatic carbocycles. The second kappa shape index (κ2) is 7.91. The monoisotopic (exact) mass is 385 g/mol. The number of nitrogens with one attached hydrogen (secondary N) is 1. The van der Waals surface area contributed by atoms with Crippen molar-refractivity contribution >= 4 is 11.7 Å². The molecule has 0 aliphatic carbocycles. The van der Waals surface area contributed by atoms with Crippen LogP contribution in [0.1, 0.15) is 58.3 Å². The molecule has 1 aliphatic heterocycles. The van der Waals surface area contributed by atoms with Crippen LogP contribution in [0.25, 0.3) is 0 Å². The fraction of sp³-hybridized carbons (Fsp3) is 0.571. The highest BCUT2D eigenvalue weighted by Gasteiger charge is 2.28. The van der Waals surface area contributed by atoms with Crippen LogP contribution >= 0.6 is 0 Å². The maximum atomic E-state index is 12.3. The van der Waals surface area contributed by atoms with Crippen LogP contribution in [0.5, 0.6) is 0 Å². The van der Waals surface area contributed by atoms with Gasteiger partial charge < -0.3 is 19.5 Å². The topological polar surface area (TPSA) is 74.5 Å². The van der Waals surface area contributed by atoms with E-state index in [-0.39, 0.29) is 17.8 Å². The summed E-state index contributed by atoms with van der Waals surface area (Å²) < 4.78 is 5.67. The first-order valence-corrected chi connectivity index (χ1v) is 9.82. The van der Waals surface area contributed by atoms with Crippen molar-refractivity contribution < 1.29 is 9.21 Å². The predicted octanol–water partition coefficient (Wildman–Crippen LogP) is 2.93. The number of nitrogens with zero attached hydrogens (tertiary/aromatic N) is 4. The van der Waals surface area contributed by atoms with E-state index in [1.165, 1.54) is 10.5 Å². The molecule has 2 atom stereocenters. The molecule has 1 aliphatic rings. The minimum atomic E-state index is -0.169. The molecule has 2 aromatic heterocycles. The van der Waals surface area contributed by atoms with E-state index in [0.29, 0.717) is 6.04 Å². The molecule has 3 heterocycles. The first kappa shape index (κ1) is 20.3. The lowest BCUT2D eigenvalue weighted by Crippen LogP contribution is -2.35. The van der Waals surface area contributed by atoms with Gasteiger partial charge in [0.2, 0.25) is 5.82 Å². The highest BCUT2D eigenvalue weighted by atomic mass is 16.3. The quantitative estimate of drug-likeness (QED) is 0.853. The molecule has 1 amide bonds. The fourth-order valence-electron chi connectivity index (χ4n) is 3.83. The van der Waals surface area contributed by atoms with Crippen LogP contribution in [-0.2, 0) is 0 Å². The minimum Gasteiger partial charge on any atom is -0.466 e. The second-order valence-corrected chi connectivity index (χ2v) is 7.97. The average Bonchev–Trinajstić information content (AvgIpc) is 3.22. The van der Waals surface area contributed by atoms with E-state index < -0.39 is 0 Å². The third-order valence-corrected chi connectivity index (χ3v) is 5.48. The van der Waals surface area contributed by atoms with Crippen LogP contribution in [0.3, 0.4) is 0 Å². The molecule has 7 heteroatoms. The van der Waals surface area contributed by atoms with Crippen molar-refractivity contribution in [2.45, 2.75) is 53.1 Å². The van der Waals surface area contributed by atoms with Gasteiger partial charge in [-0.25, -0.2) is 9.97 Å². The van der Waals surface area contributed by atoms with Gasteiger partial charge >= 0.3 is 0 Å². The van der Waals surface area contributed by atoms with E-state index in [4.69, 9.17) is 4.42 Å². The lowest BCUT2D eigenvalue weighted by molar-refractivity contribution is 0.0815. The van der Waals surface area contributed by atoms with E-state index in [1.54, 1.807) is 14.1 Å². The van der Waals surface area contributed by atoms with E-state index in [9.17, 15) is 4.79 Å². The molecule has 152 valence electrons. The van der Waals surface area contributed by atoms with Gasteiger partial charge in [-0.1, -0.05) is 0 Å². The Morgan fingerprint density at radius 1 is 1.29 bits per heavy atom. The van der Waals surface area contributed by atoms with Gasteiger partial charge in [0, 0.05) is 56.1 Å².